The Morgan fingerprint density at radius 2 is 1.37 bits per heavy atom. The molecule has 0 unspecified atom stereocenters. The fourth-order valence-electron chi connectivity index (χ4n) is 5.81. The summed E-state index contributed by atoms with van der Waals surface area (Å²) in [5.41, 5.74) is 5.49. The van der Waals surface area contributed by atoms with E-state index in [1.165, 1.54) is 72.3 Å². The van der Waals surface area contributed by atoms with Gasteiger partial charge in [-0.2, -0.15) is 5.26 Å². The summed E-state index contributed by atoms with van der Waals surface area (Å²) in [4.78, 5) is 0. The summed E-state index contributed by atoms with van der Waals surface area (Å²) in [6, 6.07) is 21.3. The third-order valence-corrected chi connectivity index (χ3v) is 11.6. The van der Waals surface area contributed by atoms with Crippen molar-refractivity contribution in [1.82, 2.24) is 0 Å². The van der Waals surface area contributed by atoms with Crippen LogP contribution in [0.25, 0.3) is 11.1 Å². The van der Waals surface area contributed by atoms with Crippen LogP contribution < -0.4 is 0 Å². The van der Waals surface area contributed by atoms with E-state index in [0.717, 1.165) is 38.0 Å². The van der Waals surface area contributed by atoms with E-state index in [9.17, 15) is 5.26 Å². The van der Waals surface area contributed by atoms with Crippen LogP contribution in [0.5, 0.6) is 0 Å². The van der Waals surface area contributed by atoms with Crippen LogP contribution in [0.1, 0.15) is 106 Å². The minimum absolute atomic E-state index is 0.0569. The third kappa shape index (κ3) is 7.11. The van der Waals surface area contributed by atoms with Crippen LogP contribution in [-0.4, -0.2) is 11.5 Å². The van der Waals surface area contributed by atoms with Crippen LogP contribution in [0.2, 0.25) is 0 Å². The lowest BCUT2D eigenvalue weighted by molar-refractivity contribution is 0.223. The minimum atomic E-state index is -0.0569. The van der Waals surface area contributed by atoms with E-state index in [2.05, 4.69) is 92.0 Å². The Labute approximate surface area is 222 Å². The molecule has 1 nitrogen and oxygen atoms in total. The monoisotopic (exact) mass is 505 g/mol. The first-order valence-corrected chi connectivity index (χ1v) is 16.1. The van der Waals surface area contributed by atoms with Gasteiger partial charge in [-0.1, -0.05) is 94.5 Å². The summed E-state index contributed by atoms with van der Waals surface area (Å²) in [7, 11) is 0. The Morgan fingerprint density at radius 3 is 1.91 bits per heavy atom. The van der Waals surface area contributed by atoms with Gasteiger partial charge >= 0.3 is 0 Å². The van der Waals surface area contributed by atoms with E-state index >= 15 is 0 Å². The SMILES string of the molecule is CCCCCC1(C#N)CCC(c2ccc(-c3ccc(C4SCC(CCCC)CS4)cc3)cc2)CC1. The number of rotatable bonds is 10. The Kier molecular flexibility index (Phi) is 10.1. The molecule has 35 heavy (non-hydrogen) atoms. The summed E-state index contributed by atoms with van der Waals surface area (Å²) < 4.78 is 0.595. The van der Waals surface area contributed by atoms with E-state index < -0.39 is 0 Å². The molecule has 1 aliphatic heterocycles. The van der Waals surface area contributed by atoms with Crippen molar-refractivity contribution in [2.75, 3.05) is 11.5 Å². The van der Waals surface area contributed by atoms with Gasteiger partial charge in [0.15, 0.2) is 0 Å². The van der Waals surface area contributed by atoms with Crippen LogP contribution in [0.4, 0.5) is 0 Å². The van der Waals surface area contributed by atoms with Crippen molar-refractivity contribution in [3.8, 4) is 17.2 Å². The molecular weight excluding hydrogens is 462 g/mol. The lowest BCUT2D eigenvalue weighted by Crippen LogP contribution is -2.25. The van der Waals surface area contributed by atoms with Gasteiger partial charge in [-0.3, -0.25) is 0 Å². The number of nitriles is 1. The molecule has 0 spiro atoms. The highest BCUT2D eigenvalue weighted by molar-refractivity contribution is 8.16. The molecule has 2 aromatic rings. The second-order valence-corrected chi connectivity index (χ2v) is 13.4. The predicted octanol–water partition coefficient (Wildman–Crippen LogP) is 10.4. The number of unbranched alkanes of at least 4 members (excludes halogenated alkanes) is 3. The van der Waals surface area contributed by atoms with E-state index in [4.69, 9.17) is 0 Å². The largest absolute Gasteiger partial charge is 0.198 e. The van der Waals surface area contributed by atoms with Crippen LogP contribution in [0.3, 0.4) is 0 Å². The number of nitrogens with zero attached hydrogens (tertiary/aromatic N) is 1. The molecule has 1 heterocycles. The molecule has 2 aromatic carbocycles. The maximum Gasteiger partial charge on any atom is 0.0751 e. The summed E-state index contributed by atoms with van der Waals surface area (Å²) >= 11 is 4.29. The smallest absolute Gasteiger partial charge is 0.0751 e. The predicted molar refractivity (Wildman–Crippen MR) is 156 cm³/mol. The molecule has 0 N–H and O–H groups in total. The zero-order valence-corrected chi connectivity index (χ0v) is 23.4. The van der Waals surface area contributed by atoms with Gasteiger partial charge in [-0.15, -0.1) is 23.5 Å². The van der Waals surface area contributed by atoms with Crippen molar-refractivity contribution in [1.29, 1.82) is 5.26 Å². The van der Waals surface area contributed by atoms with Gasteiger partial charge in [-0.25, -0.2) is 0 Å². The number of hydrogen-bond acceptors (Lipinski definition) is 3. The summed E-state index contributed by atoms with van der Waals surface area (Å²) in [5, 5.41) is 9.85. The fraction of sp³-hybridized carbons (Fsp3) is 0.594. The Bertz CT molecular complexity index is 927. The van der Waals surface area contributed by atoms with E-state index in [1.54, 1.807) is 0 Å². The highest BCUT2D eigenvalue weighted by Gasteiger charge is 2.35. The zero-order valence-electron chi connectivity index (χ0n) is 21.8. The second-order valence-electron chi connectivity index (χ2n) is 10.9. The molecule has 4 rings (SSSR count). The standard InChI is InChI=1S/C32H43NS2/c1-3-5-7-19-32(24-33)20-17-29(18-21-32)28-11-9-26(10-12-28)27-13-15-30(16-14-27)31-34-22-25(23-35-31)8-6-4-2/h9-16,25,29,31H,3-8,17-23H2,1-2H3. The first-order valence-electron chi connectivity index (χ1n) is 14.0. The number of benzene rings is 2. The van der Waals surface area contributed by atoms with Crippen LogP contribution in [0.15, 0.2) is 48.5 Å². The molecular formula is C32H43NS2. The Morgan fingerprint density at radius 1 is 0.800 bits per heavy atom. The highest BCUT2D eigenvalue weighted by Crippen LogP contribution is 2.47. The molecule has 0 aromatic heterocycles. The lowest BCUT2D eigenvalue weighted by Gasteiger charge is -2.35. The van der Waals surface area contributed by atoms with E-state index in [0.29, 0.717) is 10.5 Å². The molecule has 2 aliphatic rings. The van der Waals surface area contributed by atoms with Gasteiger partial charge in [0.2, 0.25) is 0 Å². The summed E-state index contributed by atoms with van der Waals surface area (Å²) in [6.45, 7) is 4.54. The van der Waals surface area contributed by atoms with Crippen molar-refractivity contribution < 1.29 is 0 Å². The summed E-state index contributed by atoms with van der Waals surface area (Å²) in [6.07, 6.45) is 13.3. The first-order chi connectivity index (χ1) is 17.2. The van der Waals surface area contributed by atoms with Crippen molar-refractivity contribution >= 4 is 23.5 Å². The molecule has 2 fully saturated rings. The Hall–Kier alpha value is -1.37. The molecule has 0 atom stereocenters. The van der Waals surface area contributed by atoms with Crippen LogP contribution in [0, 0.1) is 22.7 Å². The van der Waals surface area contributed by atoms with Gasteiger partial charge < -0.3 is 0 Å². The van der Waals surface area contributed by atoms with Crippen molar-refractivity contribution in [3.63, 3.8) is 0 Å². The lowest BCUT2D eigenvalue weighted by atomic mass is 9.67. The third-order valence-electron chi connectivity index (χ3n) is 8.27. The van der Waals surface area contributed by atoms with E-state index in [-0.39, 0.29) is 5.41 Å². The molecule has 3 heteroatoms. The van der Waals surface area contributed by atoms with Gasteiger partial charge in [0, 0.05) is 0 Å². The molecule has 1 aliphatic carbocycles. The van der Waals surface area contributed by atoms with Crippen LogP contribution >= 0.6 is 23.5 Å². The topological polar surface area (TPSA) is 23.8 Å². The van der Waals surface area contributed by atoms with Crippen molar-refractivity contribution in [3.05, 3.63) is 59.7 Å². The van der Waals surface area contributed by atoms with Gasteiger partial charge in [-0.05, 0) is 84.1 Å². The number of thioether (sulfide) groups is 2. The van der Waals surface area contributed by atoms with Gasteiger partial charge in [0.1, 0.15) is 0 Å². The van der Waals surface area contributed by atoms with Crippen LogP contribution in [-0.2, 0) is 0 Å². The molecule has 188 valence electrons. The molecule has 0 bridgehead atoms. The zero-order chi connectivity index (χ0) is 24.5. The van der Waals surface area contributed by atoms with Crippen molar-refractivity contribution in [2.24, 2.45) is 11.3 Å². The van der Waals surface area contributed by atoms with Crippen molar-refractivity contribution in [2.45, 2.75) is 95.0 Å². The molecule has 0 radical (unpaired) electrons. The summed E-state index contributed by atoms with van der Waals surface area (Å²) in [5.74, 6) is 4.15. The Balaban J connectivity index is 1.30. The average molecular weight is 506 g/mol. The van der Waals surface area contributed by atoms with E-state index in [1.807, 2.05) is 0 Å². The van der Waals surface area contributed by atoms with Gasteiger partial charge in [0.25, 0.3) is 0 Å². The number of hydrogen-bond donors (Lipinski definition) is 0. The maximum absolute atomic E-state index is 9.85. The minimum Gasteiger partial charge on any atom is -0.198 e. The quantitative estimate of drug-likeness (QED) is 0.300. The maximum atomic E-state index is 9.85. The molecule has 1 saturated heterocycles. The second kappa shape index (κ2) is 13.3. The molecule has 1 saturated carbocycles. The molecule has 0 amide bonds. The fourth-order valence-corrected chi connectivity index (χ4v) is 8.98. The normalized spacial score (nSPS) is 26.8. The highest BCUT2D eigenvalue weighted by atomic mass is 32.2. The average Bonchev–Trinajstić information content (AvgIpc) is 2.93. The van der Waals surface area contributed by atoms with Gasteiger partial charge in [0.05, 0.1) is 16.1 Å². The first kappa shape index (κ1) is 26.7.